The number of hydrogen-bond donors (Lipinski definition) is 2. The Morgan fingerprint density at radius 3 is 2.84 bits per heavy atom. The first-order valence-corrected chi connectivity index (χ1v) is 6.82. The highest BCUT2D eigenvalue weighted by Crippen LogP contribution is 2.26. The van der Waals surface area contributed by atoms with E-state index in [2.05, 4.69) is 10.6 Å². The minimum atomic E-state index is -0.147. The van der Waals surface area contributed by atoms with E-state index < -0.39 is 0 Å². The molecule has 19 heavy (non-hydrogen) atoms. The van der Waals surface area contributed by atoms with Gasteiger partial charge in [0.05, 0.1) is 12.1 Å². The van der Waals surface area contributed by atoms with Crippen LogP contribution >= 0.6 is 35.6 Å². The molecule has 6 heteroatoms. The molecule has 1 aliphatic heterocycles. The molecule has 1 aliphatic rings. The van der Waals surface area contributed by atoms with Crippen LogP contribution in [0.3, 0.4) is 0 Å². The van der Waals surface area contributed by atoms with Crippen LogP contribution < -0.4 is 10.6 Å². The molecule has 0 radical (unpaired) electrons. The number of carbonyl (C=O) groups excluding carboxylic acids is 1. The summed E-state index contributed by atoms with van der Waals surface area (Å²) in [6.07, 6.45) is 1.94. The molecule has 0 aliphatic carbocycles. The van der Waals surface area contributed by atoms with E-state index in [0.29, 0.717) is 10.0 Å². The van der Waals surface area contributed by atoms with Crippen molar-refractivity contribution in [2.45, 2.75) is 31.8 Å². The molecule has 1 fully saturated rings. The molecule has 106 valence electrons. The summed E-state index contributed by atoms with van der Waals surface area (Å²) in [4.78, 5) is 12.0. The Hall–Kier alpha value is -0.480. The maximum Gasteiger partial charge on any atom is 0.237 e. The summed E-state index contributed by atoms with van der Waals surface area (Å²) in [6.45, 7) is 2.81. The van der Waals surface area contributed by atoms with Crippen LogP contribution in [-0.2, 0) is 4.79 Å². The Kier molecular flexibility index (Phi) is 6.40. The van der Waals surface area contributed by atoms with Crippen molar-refractivity contribution in [2.24, 2.45) is 0 Å². The second-order valence-electron chi connectivity index (χ2n) is 4.55. The lowest BCUT2D eigenvalue weighted by Crippen LogP contribution is -2.41. The average molecular weight is 324 g/mol. The van der Waals surface area contributed by atoms with Crippen LogP contribution in [0.1, 0.15) is 31.4 Å². The monoisotopic (exact) mass is 322 g/mol. The van der Waals surface area contributed by atoms with Gasteiger partial charge < -0.3 is 10.6 Å². The van der Waals surface area contributed by atoms with Gasteiger partial charge in [0.25, 0.3) is 0 Å². The number of nitrogens with one attached hydrogen (secondary N) is 2. The summed E-state index contributed by atoms with van der Waals surface area (Å²) in [5.41, 5.74) is 0.843. The van der Waals surface area contributed by atoms with Crippen molar-refractivity contribution in [3.63, 3.8) is 0 Å². The van der Waals surface area contributed by atoms with Crippen LogP contribution in [0.2, 0.25) is 10.0 Å². The van der Waals surface area contributed by atoms with Gasteiger partial charge in [0, 0.05) is 10.0 Å². The quantitative estimate of drug-likeness (QED) is 0.895. The number of carbonyl (C=O) groups is 1. The zero-order valence-electron chi connectivity index (χ0n) is 10.6. The smallest absolute Gasteiger partial charge is 0.237 e. The number of rotatable bonds is 3. The zero-order valence-corrected chi connectivity index (χ0v) is 12.9. The van der Waals surface area contributed by atoms with Gasteiger partial charge in [-0.15, -0.1) is 12.4 Å². The van der Waals surface area contributed by atoms with Gasteiger partial charge in [0.1, 0.15) is 0 Å². The van der Waals surface area contributed by atoms with Crippen molar-refractivity contribution in [1.29, 1.82) is 0 Å². The molecule has 2 atom stereocenters. The van der Waals surface area contributed by atoms with Crippen LogP contribution in [0, 0.1) is 0 Å². The Morgan fingerprint density at radius 1 is 1.47 bits per heavy atom. The van der Waals surface area contributed by atoms with Gasteiger partial charge in [-0.25, -0.2) is 0 Å². The van der Waals surface area contributed by atoms with Gasteiger partial charge in [-0.2, -0.15) is 0 Å². The third kappa shape index (κ3) is 4.25. The summed E-state index contributed by atoms with van der Waals surface area (Å²) in [6, 6.07) is 5.05. The Bertz CT molecular complexity index is 448. The molecule has 2 rings (SSSR count). The lowest BCUT2D eigenvalue weighted by Gasteiger charge is -2.18. The first-order valence-electron chi connectivity index (χ1n) is 6.06. The van der Waals surface area contributed by atoms with E-state index in [1.54, 1.807) is 18.2 Å². The Labute approximate surface area is 129 Å². The minimum Gasteiger partial charge on any atom is -0.348 e. The summed E-state index contributed by atoms with van der Waals surface area (Å²) >= 11 is 12.0. The molecule has 1 aromatic rings. The summed E-state index contributed by atoms with van der Waals surface area (Å²) in [5, 5.41) is 7.37. The van der Waals surface area contributed by atoms with Gasteiger partial charge in [-0.05, 0) is 50.1 Å². The van der Waals surface area contributed by atoms with Crippen molar-refractivity contribution < 1.29 is 4.79 Å². The van der Waals surface area contributed by atoms with Crippen molar-refractivity contribution in [3.8, 4) is 0 Å². The van der Waals surface area contributed by atoms with Crippen LogP contribution in [-0.4, -0.2) is 18.5 Å². The van der Waals surface area contributed by atoms with Gasteiger partial charge in [0.15, 0.2) is 0 Å². The molecule has 0 aromatic heterocycles. The third-order valence-electron chi connectivity index (χ3n) is 3.16. The molecule has 1 heterocycles. The van der Waals surface area contributed by atoms with Crippen LogP contribution in [0.25, 0.3) is 0 Å². The fourth-order valence-electron chi connectivity index (χ4n) is 2.15. The van der Waals surface area contributed by atoms with Crippen LogP contribution in [0.5, 0.6) is 0 Å². The first kappa shape index (κ1) is 16.6. The Morgan fingerprint density at radius 2 is 2.21 bits per heavy atom. The van der Waals surface area contributed by atoms with E-state index in [-0.39, 0.29) is 30.4 Å². The second kappa shape index (κ2) is 7.34. The largest absolute Gasteiger partial charge is 0.348 e. The predicted octanol–water partition coefficient (Wildman–Crippen LogP) is 3.34. The van der Waals surface area contributed by atoms with Crippen molar-refractivity contribution in [1.82, 2.24) is 10.6 Å². The summed E-state index contributed by atoms with van der Waals surface area (Å²) in [7, 11) is 0. The van der Waals surface area contributed by atoms with Crippen molar-refractivity contribution in [2.75, 3.05) is 6.54 Å². The number of halogens is 3. The number of amides is 1. The number of hydrogen-bond acceptors (Lipinski definition) is 2. The SMILES string of the molecule is CC(NC(=O)C1CCCN1)c1cc(Cl)ccc1Cl.Cl. The van der Waals surface area contributed by atoms with E-state index in [0.717, 1.165) is 24.9 Å². The van der Waals surface area contributed by atoms with Gasteiger partial charge >= 0.3 is 0 Å². The third-order valence-corrected chi connectivity index (χ3v) is 3.74. The molecule has 0 saturated carbocycles. The van der Waals surface area contributed by atoms with E-state index >= 15 is 0 Å². The molecule has 2 N–H and O–H groups in total. The molecule has 3 nitrogen and oxygen atoms in total. The minimum absolute atomic E-state index is 0. The first-order chi connectivity index (χ1) is 8.58. The van der Waals surface area contributed by atoms with Crippen LogP contribution in [0.4, 0.5) is 0 Å². The van der Waals surface area contributed by atoms with Crippen LogP contribution in [0.15, 0.2) is 18.2 Å². The van der Waals surface area contributed by atoms with Gasteiger partial charge in [0.2, 0.25) is 5.91 Å². The molecule has 0 bridgehead atoms. The lowest BCUT2D eigenvalue weighted by molar-refractivity contribution is -0.123. The van der Waals surface area contributed by atoms with E-state index in [9.17, 15) is 4.79 Å². The molecule has 2 unspecified atom stereocenters. The lowest BCUT2D eigenvalue weighted by atomic mass is 10.1. The molecular formula is C13H17Cl3N2O. The summed E-state index contributed by atoms with van der Waals surface area (Å²) in [5.74, 6) is 0.0241. The predicted molar refractivity (Wildman–Crippen MR) is 81.3 cm³/mol. The highest BCUT2D eigenvalue weighted by atomic mass is 35.5. The van der Waals surface area contributed by atoms with E-state index in [4.69, 9.17) is 23.2 Å². The topological polar surface area (TPSA) is 41.1 Å². The molecule has 1 amide bonds. The molecule has 1 aromatic carbocycles. The van der Waals surface area contributed by atoms with Crippen molar-refractivity contribution >= 4 is 41.5 Å². The summed E-state index contributed by atoms with van der Waals surface area (Å²) < 4.78 is 0. The number of benzene rings is 1. The standard InChI is InChI=1S/C13H16Cl2N2O.ClH/c1-8(10-7-9(14)4-5-11(10)15)17-13(18)12-3-2-6-16-12;/h4-5,7-8,12,16H,2-3,6H2,1H3,(H,17,18);1H. The normalized spacial score (nSPS) is 19.6. The molecular weight excluding hydrogens is 307 g/mol. The average Bonchev–Trinajstić information content (AvgIpc) is 2.85. The van der Waals surface area contributed by atoms with E-state index in [1.165, 1.54) is 0 Å². The molecule has 1 saturated heterocycles. The second-order valence-corrected chi connectivity index (χ2v) is 5.39. The fraction of sp³-hybridized carbons (Fsp3) is 0.462. The highest BCUT2D eigenvalue weighted by Gasteiger charge is 2.23. The highest BCUT2D eigenvalue weighted by molar-refractivity contribution is 6.33. The van der Waals surface area contributed by atoms with E-state index in [1.807, 2.05) is 6.92 Å². The van der Waals surface area contributed by atoms with Crippen molar-refractivity contribution in [3.05, 3.63) is 33.8 Å². The zero-order chi connectivity index (χ0) is 13.1. The molecule has 0 spiro atoms. The van der Waals surface area contributed by atoms with Gasteiger partial charge in [-0.1, -0.05) is 23.2 Å². The van der Waals surface area contributed by atoms with Gasteiger partial charge in [-0.3, -0.25) is 4.79 Å². The Balaban J connectivity index is 0.00000180. The fourth-order valence-corrected chi connectivity index (χ4v) is 2.61. The maximum atomic E-state index is 12.0. The maximum absolute atomic E-state index is 12.0.